The predicted octanol–water partition coefficient (Wildman–Crippen LogP) is 1.94. The second-order valence-corrected chi connectivity index (χ2v) is 2.78. The van der Waals surface area contributed by atoms with E-state index in [1.807, 2.05) is 0 Å². The maximum Gasteiger partial charge on any atom is 0.221 e. The van der Waals surface area contributed by atoms with E-state index >= 15 is 0 Å². The molecule has 1 fully saturated rings. The molecule has 1 saturated carbocycles. The van der Waals surface area contributed by atoms with Crippen LogP contribution in [0.1, 0.15) is 25.7 Å². The van der Waals surface area contributed by atoms with E-state index in [0.29, 0.717) is 12.3 Å². The van der Waals surface area contributed by atoms with Crippen LogP contribution in [0.3, 0.4) is 0 Å². The molecule has 46 valence electrons. The van der Waals surface area contributed by atoms with Gasteiger partial charge in [-0.1, -0.05) is 6.42 Å². The Kier molecular flexibility index (Phi) is 1.90. The minimum atomic E-state index is -0.172. The zero-order chi connectivity index (χ0) is 5.98. The van der Waals surface area contributed by atoms with Gasteiger partial charge in [0, 0.05) is 6.42 Å². The monoisotopic (exact) mass is 132 g/mol. The highest BCUT2D eigenvalue weighted by Gasteiger charge is 2.19. The van der Waals surface area contributed by atoms with Gasteiger partial charge in [0.1, 0.15) is 0 Å². The Balaban J connectivity index is 2.09. The van der Waals surface area contributed by atoms with Gasteiger partial charge < -0.3 is 0 Å². The lowest BCUT2D eigenvalue weighted by atomic mass is 9.83. The topological polar surface area (TPSA) is 17.1 Å². The van der Waals surface area contributed by atoms with Crippen LogP contribution in [0, 0.1) is 5.92 Å². The van der Waals surface area contributed by atoms with Crippen molar-refractivity contribution in [1.82, 2.24) is 0 Å². The maximum absolute atomic E-state index is 10.2. The molecule has 2 heteroatoms. The molecule has 0 heterocycles. The van der Waals surface area contributed by atoms with Gasteiger partial charge in [0.15, 0.2) is 0 Å². The van der Waals surface area contributed by atoms with Crippen LogP contribution in [0.2, 0.25) is 0 Å². The third-order valence-corrected chi connectivity index (χ3v) is 1.83. The minimum absolute atomic E-state index is 0.172. The standard InChI is InChI=1S/C6H9ClO/c7-6(8)4-5-2-1-3-5/h5H,1-4H2. The highest BCUT2D eigenvalue weighted by molar-refractivity contribution is 6.63. The lowest BCUT2D eigenvalue weighted by Gasteiger charge is -2.22. The van der Waals surface area contributed by atoms with Crippen molar-refractivity contribution in [3.8, 4) is 0 Å². The van der Waals surface area contributed by atoms with Gasteiger partial charge in [0.25, 0.3) is 0 Å². The molecule has 0 unspecified atom stereocenters. The second-order valence-electron chi connectivity index (χ2n) is 2.36. The number of hydrogen-bond acceptors (Lipinski definition) is 1. The van der Waals surface area contributed by atoms with E-state index in [2.05, 4.69) is 0 Å². The van der Waals surface area contributed by atoms with E-state index in [-0.39, 0.29) is 5.24 Å². The molecule has 1 nitrogen and oxygen atoms in total. The molecule has 0 atom stereocenters. The fraction of sp³-hybridized carbons (Fsp3) is 0.833. The van der Waals surface area contributed by atoms with Crippen LogP contribution in [0.25, 0.3) is 0 Å². The van der Waals surface area contributed by atoms with Gasteiger partial charge in [0.05, 0.1) is 0 Å². The molecular weight excluding hydrogens is 124 g/mol. The average Bonchev–Trinajstić information content (AvgIpc) is 1.55. The molecule has 0 radical (unpaired) electrons. The normalized spacial score (nSPS) is 20.1. The number of carbonyl (C=O) groups is 1. The predicted molar refractivity (Wildman–Crippen MR) is 32.8 cm³/mol. The summed E-state index contributed by atoms with van der Waals surface area (Å²) in [6.45, 7) is 0. The lowest BCUT2D eigenvalue weighted by Crippen LogP contribution is -2.12. The van der Waals surface area contributed by atoms with Gasteiger partial charge >= 0.3 is 0 Å². The first-order chi connectivity index (χ1) is 3.79. The van der Waals surface area contributed by atoms with Crippen LogP contribution in [0.15, 0.2) is 0 Å². The molecular formula is C6H9ClO. The molecule has 0 aromatic heterocycles. The van der Waals surface area contributed by atoms with Crippen molar-refractivity contribution in [2.24, 2.45) is 5.92 Å². The van der Waals surface area contributed by atoms with Gasteiger partial charge in [-0.25, -0.2) is 0 Å². The fourth-order valence-electron chi connectivity index (χ4n) is 0.924. The Morgan fingerprint density at radius 1 is 1.62 bits per heavy atom. The summed E-state index contributed by atoms with van der Waals surface area (Å²) in [5.41, 5.74) is 0. The molecule has 0 saturated heterocycles. The molecule has 1 aliphatic carbocycles. The van der Waals surface area contributed by atoms with Gasteiger partial charge in [0.2, 0.25) is 5.24 Å². The Bertz CT molecular complexity index is 96.7. The Morgan fingerprint density at radius 3 is 2.38 bits per heavy atom. The Morgan fingerprint density at radius 2 is 2.25 bits per heavy atom. The molecule has 0 aliphatic heterocycles. The largest absolute Gasteiger partial charge is 0.281 e. The quantitative estimate of drug-likeness (QED) is 0.525. The third kappa shape index (κ3) is 1.48. The van der Waals surface area contributed by atoms with Crippen molar-refractivity contribution in [3.05, 3.63) is 0 Å². The van der Waals surface area contributed by atoms with Crippen molar-refractivity contribution < 1.29 is 4.79 Å². The van der Waals surface area contributed by atoms with Crippen molar-refractivity contribution in [1.29, 1.82) is 0 Å². The van der Waals surface area contributed by atoms with Gasteiger partial charge in [-0.2, -0.15) is 0 Å². The Hall–Kier alpha value is -0.0400. The highest BCUT2D eigenvalue weighted by Crippen LogP contribution is 2.29. The lowest BCUT2D eigenvalue weighted by molar-refractivity contribution is -0.113. The first-order valence-electron chi connectivity index (χ1n) is 2.97. The molecule has 0 aromatic rings. The van der Waals surface area contributed by atoms with Gasteiger partial charge in [-0.15, -0.1) is 0 Å². The summed E-state index contributed by atoms with van der Waals surface area (Å²) in [7, 11) is 0. The minimum Gasteiger partial charge on any atom is -0.281 e. The second kappa shape index (κ2) is 2.49. The summed E-state index contributed by atoms with van der Waals surface area (Å²) in [6.07, 6.45) is 4.30. The van der Waals surface area contributed by atoms with Crippen molar-refractivity contribution >= 4 is 16.8 Å². The summed E-state index contributed by atoms with van der Waals surface area (Å²) in [5.74, 6) is 0.625. The molecule has 0 aromatic carbocycles. The van der Waals surface area contributed by atoms with Crippen LogP contribution in [-0.2, 0) is 4.79 Å². The molecule has 1 aliphatic rings. The van der Waals surface area contributed by atoms with Crippen LogP contribution < -0.4 is 0 Å². The summed E-state index contributed by atoms with van der Waals surface area (Å²) >= 11 is 5.15. The van der Waals surface area contributed by atoms with Gasteiger partial charge in [-0.3, -0.25) is 4.79 Å². The first-order valence-corrected chi connectivity index (χ1v) is 3.35. The average molecular weight is 133 g/mol. The number of hydrogen-bond donors (Lipinski definition) is 0. The molecule has 1 rings (SSSR count). The van der Waals surface area contributed by atoms with E-state index in [1.54, 1.807) is 0 Å². The first kappa shape index (κ1) is 6.09. The van der Waals surface area contributed by atoms with Crippen molar-refractivity contribution in [2.45, 2.75) is 25.7 Å². The van der Waals surface area contributed by atoms with E-state index in [9.17, 15) is 4.79 Å². The number of carbonyl (C=O) groups excluding carboxylic acids is 1. The van der Waals surface area contributed by atoms with Crippen molar-refractivity contribution in [3.63, 3.8) is 0 Å². The summed E-state index contributed by atoms with van der Waals surface area (Å²) in [4.78, 5) is 10.2. The van der Waals surface area contributed by atoms with E-state index in [0.717, 1.165) is 0 Å². The summed E-state index contributed by atoms with van der Waals surface area (Å²) < 4.78 is 0. The smallest absolute Gasteiger partial charge is 0.221 e. The zero-order valence-corrected chi connectivity index (χ0v) is 5.45. The molecule has 8 heavy (non-hydrogen) atoms. The number of rotatable bonds is 2. The van der Waals surface area contributed by atoms with Crippen molar-refractivity contribution in [2.75, 3.05) is 0 Å². The fourth-order valence-corrected chi connectivity index (χ4v) is 1.14. The van der Waals surface area contributed by atoms with Gasteiger partial charge in [-0.05, 0) is 30.4 Å². The summed E-state index contributed by atoms with van der Waals surface area (Å²) in [5, 5.41) is -0.172. The molecule has 0 spiro atoms. The highest BCUT2D eigenvalue weighted by atomic mass is 35.5. The third-order valence-electron chi connectivity index (χ3n) is 1.67. The molecule has 0 bridgehead atoms. The SMILES string of the molecule is O=C(Cl)CC1CCC1. The zero-order valence-electron chi connectivity index (χ0n) is 4.69. The van der Waals surface area contributed by atoms with E-state index < -0.39 is 0 Å². The van der Waals surface area contributed by atoms with Crippen LogP contribution in [-0.4, -0.2) is 5.24 Å². The Labute approximate surface area is 54.0 Å². The van der Waals surface area contributed by atoms with E-state index in [1.165, 1.54) is 19.3 Å². The molecule has 0 N–H and O–H groups in total. The van der Waals surface area contributed by atoms with Crippen LogP contribution in [0.4, 0.5) is 0 Å². The molecule has 0 amide bonds. The van der Waals surface area contributed by atoms with Crippen LogP contribution in [0.5, 0.6) is 0 Å². The van der Waals surface area contributed by atoms with Crippen LogP contribution >= 0.6 is 11.6 Å². The number of halogens is 1. The maximum atomic E-state index is 10.2. The summed E-state index contributed by atoms with van der Waals surface area (Å²) in [6, 6.07) is 0. The van der Waals surface area contributed by atoms with E-state index in [4.69, 9.17) is 11.6 Å².